The first-order valence-corrected chi connectivity index (χ1v) is 2.82. The summed E-state index contributed by atoms with van der Waals surface area (Å²) in [5.41, 5.74) is 5.22. The van der Waals surface area contributed by atoms with E-state index >= 15 is 0 Å². The summed E-state index contributed by atoms with van der Waals surface area (Å²) in [6, 6.07) is 0. The fraction of sp³-hybridized carbons (Fsp3) is 1.00. The second kappa shape index (κ2) is 4.43. The number of thiol groups is 1. The molecule has 0 amide bonds. The van der Waals surface area contributed by atoms with Gasteiger partial charge in [-0.3, -0.25) is 0 Å². The molecule has 0 saturated carbocycles. The highest BCUT2D eigenvalue weighted by atomic mass is 32.1. The molecule has 0 aliphatic heterocycles. The van der Waals surface area contributed by atoms with Crippen molar-refractivity contribution in [3.63, 3.8) is 0 Å². The lowest BCUT2D eigenvalue weighted by atomic mass is 10.4. The highest BCUT2D eigenvalue weighted by molar-refractivity contribution is 7.80. The van der Waals surface area contributed by atoms with Crippen molar-refractivity contribution >= 4 is 12.6 Å². The molecular formula is C4H11NOS. The van der Waals surface area contributed by atoms with Crippen molar-refractivity contribution in [3.8, 4) is 0 Å². The van der Waals surface area contributed by atoms with Gasteiger partial charge >= 0.3 is 0 Å². The van der Waals surface area contributed by atoms with E-state index in [4.69, 9.17) is 10.5 Å². The van der Waals surface area contributed by atoms with Gasteiger partial charge in [0.1, 0.15) is 0 Å². The molecule has 0 aromatic rings. The van der Waals surface area contributed by atoms with Crippen molar-refractivity contribution in [2.75, 3.05) is 19.4 Å². The SMILES string of the molecule is COC(CN)CS. The second-order valence-electron chi connectivity index (χ2n) is 1.28. The number of ether oxygens (including phenoxy) is 1. The van der Waals surface area contributed by atoms with Crippen LogP contribution in [-0.2, 0) is 4.74 Å². The van der Waals surface area contributed by atoms with Crippen LogP contribution in [0.3, 0.4) is 0 Å². The minimum absolute atomic E-state index is 0.128. The first-order valence-electron chi connectivity index (χ1n) is 2.18. The maximum Gasteiger partial charge on any atom is 0.0781 e. The Bertz CT molecular complexity index is 33.2. The molecule has 0 radical (unpaired) electrons. The van der Waals surface area contributed by atoms with Gasteiger partial charge in [-0.25, -0.2) is 0 Å². The van der Waals surface area contributed by atoms with E-state index in [-0.39, 0.29) is 6.10 Å². The third kappa shape index (κ3) is 2.91. The fourth-order valence-electron chi connectivity index (χ4n) is 0.245. The maximum absolute atomic E-state index is 5.22. The minimum atomic E-state index is 0.128. The van der Waals surface area contributed by atoms with Crippen LogP contribution in [0.1, 0.15) is 0 Å². The number of hydrogen-bond acceptors (Lipinski definition) is 3. The van der Waals surface area contributed by atoms with Crippen LogP contribution in [0.4, 0.5) is 0 Å². The third-order valence-corrected chi connectivity index (χ3v) is 1.21. The molecule has 44 valence electrons. The summed E-state index contributed by atoms with van der Waals surface area (Å²) < 4.78 is 4.85. The standard InChI is InChI=1S/C4H11NOS/c1-6-4(2-5)3-7/h4,7H,2-3,5H2,1H3. The van der Waals surface area contributed by atoms with Crippen molar-refractivity contribution in [2.45, 2.75) is 6.10 Å². The van der Waals surface area contributed by atoms with Crippen LogP contribution < -0.4 is 5.73 Å². The topological polar surface area (TPSA) is 35.2 Å². The van der Waals surface area contributed by atoms with Crippen LogP contribution in [-0.4, -0.2) is 25.5 Å². The lowest BCUT2D eigenvalue weighted by Crippen LogP contribution is -2.23. The Hall–Kier alpha value is 0.270. The van der Waals surface area contributed by atoms with Crippen LogP contribution in [0.25, 0.3) is 0 Å². The van der Waals surface area contributed by atoms with E-state index in [1.807, 2.05) is 0 Å². The molecule has 0 heterocycles. The zero-order valence-corrected chi connectivity index (χ0v) is 5.32. The molecule has 0 aliphatic carbocycles. The van der Waals surface area contributed by atoms with E-state index in [0.29, 0.717) is 12.3 Å². The lowest BCUT2D eigenvalue weighted by molar-refractivity contribution is 0.129. The molecule has 0 bridgehead atoms. The summed E-state index contributed by atoms with van der Waals surface area (Å²) in [4.78, 5) is 0. The van der Waals surface area contributed by atoms with E-state index in [1.54, 1.807) is 7.11 Å². The zero-order chi connectivity index (χ0) is 5.70. The molecule has 1 unspecified atom stereocenters. The van der Waals surface area contributed by atoms with Gasteiger partial charge in [0, 0.05) is 19.4 Å². The third-order valence-electron chi connectivity index (χ3n) is 0.800. The Morgan fingerprint density at radius 1 is 1.86 bits per heavy atom. The lowest BCUT2D eigenvalue weighted by Gasteiger charge is -2.06. The summed E-state index contributed by atoms with van der Waals surface area (Å²) >= 11 is 3.97. The van der Waals surface area contributed by atoms with E-state index < -0.39 is 0 Å². The highest BCUT2D eigenvalue weighted by Gasteiger charge is 1.97. The van der Waals surface area contributed by atoms with Gasteiger partial charge in [-0.05, 0) is 0 Å². The molecular weight excluding hydrogens is 110 g/mol. The second-order valence-corrected chi connectivity index (χ2v) is 1.64. The summed E-state index contributed by atoms with van der Waals surface area (Å²) in [6.07, 6.45) is 0.128. The van der Waals surface area contributed by atoms with Crippen LogP contribution in [0.15, 0.2) is 0 Å². The zero-order valence-electron chi connectivity index (χ0n) is 4.42. The van der Waals surface area contributed by atoms with Gasteiger partial charge in [0.2, 0.25) is 0 Å². The van der Waals surface area contributed by atoms with E-state index in [1.165, 1.54) is 0 Å². The molecule has 0 aromatic carbocycles. The molecule has 0 saturated heterocycles. The van der Waals surface area contributed by atoms with Gasteiger partial charge < -0.3 is 10.5 Å². The number of hydrogen-bond donors (Lipinski definition) is 2. The Morgan fingerprint density at radius 2 is 2.43 bits per heavy atom. The smallest absolute Gasteiger partial charge is 0.0781 e. The first kappa shape index (κ1) is 7.27. The van der Waals surface area contributed by atoms with E-state index in [2.05, 4.69) is 12.6 Å². The van der Waals surface area contributed by atoms with Crippen LogP contribution in [0.5, 0.6) is 0 Å². The molecule has 0 aliphatic rings. The van der Waals surface area contributed by atoms with E-state index in [9.17, 15) is 0 Å². The van der Waals surface area contributed by atoms with Crippen molar-refractivity contribution < 1.29 is 4.74 Å². The van der Waals surface area contributed by atoms with Gasteiger partial charge in [0.15, 0.2) is 0 Å². The molecule has 3 heteroatoms. The van der Waals surface area contributed by atoms with Crippen molar-refractivity contribution in [1.82, 2.24) is 0 Å². The number of rotatable bonds is 3. The minimum Gasteiger partial charge on any atom is -0.379 e. The molecule has 0 fully saturated rings. The summed E-state index contributed by atoms with van der Waals surface area (Å²) in [5.74, 6) is 0.701. The predicted molar refractivity (Wildman–Crippen MR) is 33.7 cm³/mol. The Labute approximate surface area is 49.4 Å². The van der Waals surface area contributed by atoms with E-state index in [0.717, 1.165) is 0 Å². The Balaban J connectivity index is 2.99. The molecule has 1 atom stereocenters. The molecule has 7 heavy (non-hydrogen) atoms. The van der Waals surface area contributed by atoms with Crippen LogP contribution in [0, 0.1) is 0 Å². The average molecular weight is 121 g/mol. The highest BCUT2D eigenvalue weighted by Crippen LogP contribution is 1.87. The summed E-state index contributed by atoms with van der Waals surface area (Å²) in [7, 11) is 1.63. The van der Waals surface area contributed by atoms with Crippen molar-refractivity contribution in [2.24, 2.45) is 5.73 Å². The van der Waals surface area contributed by atoms with Crippen molar-refractivity contribution in [3.05, 3.63) is 0 Å². The molecule has 2 nitrogen and oxygen atoms in total. The van der Waals surface area contributed by atoms with Gasteiger partial charge in [0.05, 0.1) is 6.10 Å². The fourth-order valence-corrected chi connectivity index (χ4v) is 0.543. The number of methoxy groups -OCH3 is 1. The Morgan fingerprint density at radius 3 is 2.43 bits per heavy atom. The molecule has 0 rings (SSSR count). The van der Waals surface area contributed by atoms with Gasteiger partial charge in [0.25, 0.3) is 0 Å². The van der Waals surface area contributed by atoms with Gasteiger partial charge in [-0.1, -0.05) is 0 Å². The van der Waals surface area contributed by atoms with Crippen LogP contribution >= 0.6 is 12.6 Å². The van der Waals surface area contributed by atoms with Crippen molar-refractivity contribution in [1.29, 1.82) is 0 Å². The molecule has 0 aromatic heterocycles. The molecule has 2 N–H and O–H groups in total. The Kier molecular flexibility index (Phi) is 4.60. The predicted octanol–water partition coefficient (Wildman–Crippen LogP) is -0.110. The summed E-state index contributed by atoms with van der Waals surface area (Å²) in [5, 5.41) is 0. The monoisotopic (exact) mass is 121 g/mol. The molecule has 0 spiro atoms. The maximum atomic E-state index is 5.22. The number of nitrogens with two attached hydrogens (primary N) is 1. The van der Waals surface area contributed by atoms with Gasteiger partial charge in [-0.15, -0.1) is 0 Å². The normalized spacial score (nSPS) is 14.1. The average Bonchev–Trinajstić information content (AvgIpc) is 1.72. The van der Waals surface area contributed by atoms with Crippen LogP contribution in [0.2, 0.25) is 0 Å². The largest absolute Gasteiger partial charge is 0.379 e. The first-order chi connectivity index (χ1) is 3.35. The van der Waals surface area contributed by atoms with Gasteiger partial charge in [-0.2, -0.15) is 12.6 Å². The quantitative estimate of drug-likeness (QED) is 0.511. The summed E-state index contributed by atoms with van der Waals surface area (Å²) in [6.45, 7) is 0.556.